The molecule has 1 fully saturated rings. The van der Waals surface area contributed by atoms with E-state index in [0.29, 0.717) is 31.3 Å². The van der Waals surface area contributed by atoms with E-state index in [4.69, 9.17) is 28.2 Å². The van der Waals surface area contributed by atoms with E-state index in [9.17, 15) is 14.7 Å². The summed E-state index contributed by atoms with van der Waals surface area (Å²) >= 11 is 12.8. The van der Waals surface area contributed by atoms with E-state index in [0.717, 1.165) is 16.8 Å². The first-order valence-corrected chi connectivity index (χ1v) is 10.8. The van der Waals surface area contributed by atoms with Gasteiger partial charge in [-0.25, -0.2) is 0 Å². The quantitative estimate of drug-likeness (QED) is 0.397. The zero-order chi connectivity index (χ0) is 22.3. The van der Waals surface area contributed by atoms with Gasteiger partial charge in [-0.15, -0.1) is 0 Å². The molecule has 5 nitrogen and oxygen atoms in total. The summed E-state index contributed by atoms with van der Waals surface area (Å²) in [4.78, 5) is 26.0. The van der Waals surface area contributed by atoms with E-state index in [1.807, 2.05) is 32.0 Å². The van der Waals surface area contributed by atoms with Gasteiger partial charge in [-0.05, 0) is 66.9 Å². The van der Waals surface area contributed by atoms with Gasteiger partial charge in [-0.1, -0.05) is 47.7 Å². The fraction of sp³-hybridized carbons (Fsp3) is 0.0870. The van der Waals surface area contributed by atoms with Crippen molar-refractivity contribution >= 4 is 63.5 Å². The van der Waals surface area contributed by atoms with E-state index < -0.39 is 5.97 Å². The molecule has 2 heterocycles. The number of aromatic carboxylic acids is 1. The largest absolute Gasteiger partial charge is 0.545 e. The molecule has 156 valence electrons. The van der Waals surface area contributed by atoms with E-state index in [2.05, 4.69) is 0 Å². The Kier molecular flexibility index (Phi) is 5.75. The minimum absolute atomic E-state index is 0.00777. The third-order valence-electron chi connectivity index (χ3n) is 4.91. The van der Waals surface area contributed by atoms with Crippen LogP contribution in [0, 0.1) is 13.8 Å². The van der Waals surface area contributed by atoms with E-state index >= 15 is 0 Å². The Hall–Kier alpha value is -2.87. The monoisotopic (exact) mass is 468 g/mol. The average Bonchev–Trinajstić information content (AvgIpc) is 3.29. The van der Waals surface area contributed by atoms with Crippen LogP contribution in [0.1, 0.15) is 27.2 Å². The number of amides is 1. The van der Waals surface area contributed by atoms with Crippen molar-refractivity contribution < 1.29 is 19.1 Å². The molecule has 31 heavy (non-hydrogen) atoms. The summed E-state index contributed by atoms with van der Waals surface area (Å²) in [6.45, 7) is 3.99. The molecule has 0 bridgehead atoms. The van der Waals surface area contributed by atoms with Gasteiger partial charge in [0.25, 0.3) is 5.91 Å². The van der Waals surface area contributed by atoms with Crippen molar-refractivity contribution in [3.63, 3.8) is 0 Å². The minimum Gasteiger partial charge on any atom is -0.545 e. The molecule has 0 spiro atoms. The third kappa shape index (κ3) is 4.17. The number of hydrogen-bond donors (Lipinski definition) is 0. The van der Waals surface area contributed by atoms with Crippen LogP contribution in [0.3, 0.4) is 0 Å². The molecule has 2 aromatic carbocycles. The lowest BCUT2D eigenvalue weighted by molar-refractivity contribution is -0.255. The normalized spacial score (nSPS) is 15.2. The molecule has 1 saturated heterocycles. The zero-order valence-electron chi connectivity index (χ0n) is 16.5. The van der Waals surface area contributed by atoms with Crippen LogP contribution in [0.2, 0.25) is 5.02 Å². The number of benzene rings is 2. The standard InChI is InChI=1S/C23H16ClNO4S2/c1-12-3-5-15(9-13(12)2)25-21(26)20(31-23(25)30)11-16-6-8-19(29-16)17-10-14(22(27)28)4-7-18(17)24/h3-11H,1-2H3,(H,27,28)/p-1/b20-11+. The van der Waals surface area contributed by atoms with Crippen LogP contribution in [0.15, 0.2) is 57.9 Å². The molecule has 1 aromatic heterocycles. The second-order valence-corrected chi connectivity index (χ2v) is 9.05. The van der Waals surface area contributed by atoms with Gasteiger partial charge in [-0.2, -0.15) is 0 Å². The number of carboxylic acids is 1. The fourth-order valence-electron chi connectivity index (χ4n) is 3.10. The van der Waals surface area contributed by atoms with Crippen LogP contribution in [0.5, 0.6) is 0 Å². The Balaban J connectivity index is 1.63. The summed E-state index contributed by atoms with van der Waals surface area (Å²) < 4.78 is 6.25. The van der Waals surface area contributed by atoms with Crippen molar-refractivity contribution in [3.05, 3.63) is 80.9 Å². The Morgan fingerprint density at radius 1 is 1.13 bits per heavy atom. The number of halogens is 1. The van der Waals surface area contributed by atoms with Crippen molar-refractivity contribution in [1.82, 2.24) is 0 Å². The molecule has 8 heteroatoms. The number of furan rings is 1. The van der Waals surface area contributed by atoms with Crippen LogP contribution in [-0.2, 0) is 4.79 Å². The summed E-state index contributed by atoms with van der Waals surface area (Å²) in [5.41, 5.74) is 3.34. The highest BCUT2D eigenvalue weighted by atomic mass is 35.5. The van der Waals surface area contributed by atoms with Crippen LogP contribution >= 0.6 is 35.6 Å². The number of carboxylic acid groups (broad SMARTS) is 1. The molecule has 0 saturated carbocycles. The van der Waals surface area contributed by atoms with Crippen molar-refractivity contribution in [2.24, 2.45) is 0 Å². The van der Waals surface area contributed by atoms with Crippen molar-refractivity contribution in [2.75, 3.05) is 4.90 Å². The number of thioether (sulfide) groups is 1. The molecular weight excluding hydrogens is 454 g/mol. The molecule has 1 aliphatic rings. The zero-order valence-corrected chi connectivity index (χ0v) is 18.9. The van der Waals surface area contributed by atoms with Gasteiger partial charge in [0.1, 0.15) is 11.5 Å². The van der Waals surface area contributed by atoms with Gasteiger partial charge in [-0.3, -0.25) is 9.69 Å². The van der Waals surface area contributed by atoms with E-state index in [1.165, 1.54) is 34.9 Å². The topological polar surface area (TPSA) is 73.6 Å². The molecule has 0 radical (unpaired) electrons. The number of hydrogen-bond acceptors (Lipinski definition) is 6. The highest BCUT2D eigenvalue weighted by Crippen LogP contribution is 2.37. The fourth-order valence-corrected chi connectivity index (χ4v) is 4.59. The van der Waals surface area contributed by atoms with E-state index in [1.54, 1.807) is 18.2 Å². The maximum absolute atomic E-state index is 13.0. The first kappa shape index (κ1) is 21.4. The smallest absolute Gasteiger partial charge is 0.270 e. The van der Waals surface area contributed by atoms with Crippen LogP contribution < -0.4 is 10.0 Å². The first-order chi connectivity index (χ1) is 14.7. The molecule has 4 rings (SSSR count). The molecule has 1 aliphatic heterocycles. The molecule has 0 atom stereocenters. The number of thiocarbonyl (C=S) groups is 1. The summed E-state index contributed by atoms with van der Waals surface area (Å²) in [6.07, 6.45) is 1.61. The third-order valence-corrected chi connectivity index (χ3v) is 6.54. The highest BCUT2D eigenvalue weighted by molar-refractivity contribution is 8.27. The van der Waals surface area contributed by atoms with Gasteiger partial charge in [0.05, 0.1) is 21.6 Å². The Bertz CT molecular complexity index is 1280. The molecule has 3 aromatic rings. The minimum atomic E-state index is -1.31. The lowest BCUT2D eigenvalue weighted by Gasteiger charge is -2.15. The van der Waals surface area contributed by atoms with E-state index in [-0.39, 0.29) is 11.5 Å². The van der Waals surface area contributed by atoms with Crippen LogP contribution in [0.25, 0.3) is 17.4 Å². The summed E-state index contributed by atoms with van der Waals surface area (Å²) in [5.74, 6) is -0.734. The van der Waals surface area contributed by atoms with Gasteiger partial charge in [0.15, 0.2) is 4.32 Å². The number of rotatable bonds is 4. The number of anilines is 1. The number of aryl methyl sites for hydroxylation is 2. The average molecular weight is 469 g/mol. The number of carbonyl (C=O) groups is 2. The van der Waals surface area contributed by atoms with Gasteiger partial charge in [0.2, 0.25) is 0 Å². The van der Waals surface area contributed by atoms with Crippen molar-refractivity contribution in [1.29, 1.82) is 0 Å². The molecule has 1 amide bonds. The SMILES string of the molecule is Cc1ccc(N2C(=O)/C(=C\c3ccc(-c4cc(C(=O)[O-])ccc4Cl)o3)SC2=S)cc1C. The number of carbonyl (C=O) groups excluding carboxylic acids is 2. The van der Waals surface area contributed by atoms with Gasteiger partial charge < -0.3 is 14.3 Å². The van der Waals surface area contributed by atoms with Crippen molar-refractivity contribution in [2.45, 2.75) is 13.8 Å². The molecule has 0 aliphatic carbocycles. The lowest BCUT2D eigenvalue weighted by Crippen LogP contribution is -2.27. The van der Waals surface area contributed by atoms with Gasteiger partial charge >= 0.3 is 0 Å². The Labute approximate surface area is 193 Å². The molecule has 0 N–H and O–H groups in total. The Morgan fingerprint density at radius 3 is 2.61 bits per heavy atom. The second kappa shape index (κ2) is 8.34. The predicted octanol–water partition coefficient (Wildman–Crippen LogP) is 4.99. The summed E-state index contributed by atoms with van der Waals surface area (Å²) in [7, 11) is 0. The number of nitrogens with zero attached hydrogens (tertiary/aromatic N) is 1. The maximum atomic E-state index is 13.0. The lowest BCUT2D eigenvalue weighted by atomic mass is 10.1. The summed E-state index contributed by atoms with van der Waals surface area (Å²) in [6, 6.07) is 13.3. The highest BCUT2D eigenvalue weighted by Gasteiger charge is 2.33. The van der Waals surface area contributed by atoms with Crippen LogP contribution in [0.4, 0.5) is 5.69 Å². The van der Waals surface area contributed by atoms with Crippen LogP contribution in [-0.4, -0.2) is 16.2 Å². The molecule has 0 unspecified atom stereocenters. The summed E-state index contributed by atoms with van der Waals surface area (Å²) in [5, 5.41) is 11.5. The predicted molar refractivity (Wildman–Crippen MR) is 125 cm³/mol. The molecular formula is C23H15ClNO4S2-. The van der Waals surface area contributed by atoms with Crippen molar-refractivity contribution in [3.8, 4) is 11.3 Å². The van der Waals surface area contributed by atoms with Gasteiger partial charge in [0, 0.05) is 11.6 Å². The maximum Gasteiger partial charge on any atom is 0.270 e. The Morgan fingerprint density at radius 2 is 1.90 bits per heavy atom. The second-order valence-electron chi connectivity index (χ2n) is 6.97. The first-order valence-electron chi connectivity index (χ1n) is 9.21.